The Morgan fingerprint density at radius 1 is 1.29 bits per heavy atom. The van der Waals surface area contributed by atoms with Gasteiger partial charge >= 0.3 is 5.97 Å². The zero-order valence-corrected chi connectivity index (χ0v) is 16.2. The molecule has 0 saturated carbocycles. The summed E-state index contributed by atoms with van der Waals surface area (Å²) in [5.41, 5.74) is 1.00. The molecule has 2 aromatic rings. The highest BCUT2D eigenvalue weighted by molar-refractivity contribution is 8.27. The number of ether oxygens (including phenoxy) is 2. The average molecular weight is 419 g/mol. The van der Waals surface area contributed by atoms with Crippen LogP contribution in [0.25, 0.3) is 6.08 Å². The Morgan fingerprint density at radius 3 is 2.75 bits per heavy atom. The minimum Gasteiger partial charge on any atom is -0.493 e. The molecule has 1 aliphatic heterocycles. The third kappa shape index (κ3) is 4.32. The van der Waals surface area contributed by atoms with Gasteiger partial charge in [0.05, 0.1) is 17.7 Å². The van der Waals surface area contributed by atoms with Crippen molar-refractivity contribution < 1.29 is 28.6 Å². The van der Waals surface area contributed by atoms with Gasteiger partial charge in [-0.2, -0.15) is 0 Å². The number of rotatable bonds is 6. The van der Waals surface area contributed by atoms with Crippen molar-refractivity contribution in [3.05, 3.63) is 58.8 Å². The van der Waals surface area contributed by atoms with E-state index in [1.165, 1.54) is 30.2 Å². The highest BCUT2D eigenvalue weighted by Gasteiger charge is 2.33. The van der Waals surface area contributed by atoms with Crippen LogP contribution < -0.4 is 14.4 Å². The average Bonchev–Trinajstić information content (AvgIpc) is 2.93. The molecule has 0 atom stereocenters. The molecule has 28 heavy (non-hydrogen) atoms. The zero-order chi connectivity index (χ0) is 20.3. The van der Waals surface area contributed by atoms with Crippen molar-refractivity contribution in [3.63, 3.8) is 0 Å². The fraction of sp³-hybridized carbons (Fsp3) is 0.105. The van der Waals surface area contributed by atoms with Gasteiger partial charge in [-0.3, -0.25) is 9.69 Å². The molecule has 1 fully saturated rings. The Morgan fingerprint density at radius 2 is 2.07 bits per heavy atom. The predicted octanol–water partition coefficient (Wildman–Crippen LogP) is 3.70. The SMILES string of the molecule is COc1cc(/C=C2\SC(=S)N(c3cccc(F)c3)C2=O)ccc1OCC(=O)O. The molecule has 2 aromatic carbocycles. The summed E-state index contributed by atoms with van der Waals surface area (Å²) in [6, 6.07) is 10.5. The summed E-state index contributed by atoms with van der Waals surface area (Å²) < 4.78 is 24.2. The number of methoxy groups -OCH3 is 1. The maximum atomic E-state index is 13.5. The lowest BCUT2D eigenvalue weighted by Crippen LogP contribution is -2.27. The molecule has 0 aromatic heterocycles. The fourth-order valence-corrected chi connectivity index (χ4v) is 3.79. The Kier molecular flexibility index (Phi) is 5.96. The number of thioether (sulfide) groups is 1. The van der Waals surface area contributed by atoms with Gasteiger partial charge in [-0.1, -0.05) is 36.1 Å². The summed E-state index contributed by atoms with van der Waals surface area (Å²) in [6.45, 7) is -0.498. The van der Waals surface area contributed by atoms with Gasteiger partial charge in [0.1, 0.15) is 5.82 Å². The van der Waals surface area contributed by atoms with Gasteiger partial charge < -0.3 is 14.6 Å². The first-order valence-corrected chi connectivity index (χ1v) is 9.17. The first-order chi connectivity index (χ1) is 13.4. The fourth-order valence-electron chi connectivity index (χ4n) is 2.49. The molecule has 1 saturated heterocycles. The Hall–Kier alpha value is -2.91. The van der Waals surface area contributed by atoms with Crippen LogP contribution in [-0.4, -0.2) is 35.0 Å². The Labute approximate surface area is 169 Å². The summed E-state index contributed by atoms with van der Waals surface area (Å²) in [5.74, 6) is -1.32. The summed E-state index contributed by atoms with van der Waals surface area (Å²) in [4.78, 5) is 25.0. The van der Waals surface area contributed by atoms with Crippen LogP contribution in [0, 0.1) is 5.82 Å². The standard InChI is InChI=1S/C19H14FNO5S2/c1-25-15-7-11(5-6-14(15)26-10-17(22)23)8-16-18(24)21(19(27)28-16)13-4-2-3-12(20)9-13/h2-9H,10H2,1H3,(H,22,23)/b16-8-. The highest BCUT2D eigenvalue weighted by atomic mass is 32.2. The molecule has 0 bridgehead atoms. The third-order valence-corrected chi connectivity index (χ3v) is 5.00. The first-order valence-electron chi connectivity index (χ1n) is 7.95. The summed E-state index contributed by atoms with van der Waals surface area (Å²) in [7, 11) is 1.43. The number of amides is 1. The van der Waals surface area contributed by atoms with Crippen molar-refractivity contribution >= 4 is 51.9 Å². The lowest BCUT2D eigenvalue weighted by atomic mass is 10.2. The maximum Gasteiger partial charge on any atom is 0.341 e. The van der Waals surface area contributed by atoms with E-state index in [4.69, 9.17) is 26.8 Å². The van der Waals surface area contributed by atoms with E-state index in [0.29, 0.717) is 26.2 Å². The van der Waals surface area contributed by atoms with E-state index in [9.17, 15) is 14.0 Å². The van der Waals surface area contributed by atoms with Crippen LogP contribution >= 0.6 is 24.0 Å². The van der Waals surface area contributed by atoms with Crippen molar-refractivity contribution in [1.82, 2.24) is 0 Å². The largest absolute Gasteiger partial charge is 0.493 e. The molecule has 9 heteroatoms. The summed E-state index contributed by atoms with van der Waals surface area (Å²) in [6.07, 6.45) is 1.63. The lowest BCUT2D eigenvalue weighted by molar-refractivity contribution is -0.139. The molecule has 6 nitrogen and oxygen atoms in total. The van der Waals surface area contributed by atoms with Crippen LogP contribution in [0.5, 0.6) is 11.5 Å². The topological polar surface area (TPSA) is 76.1 Å². The smallest absolute Gasteiger partial charge is 0.341 e. The summed E-state index contributed by atoms with van der Waals surface area (Å²) >= 11 is 6.37. The molecule has 0 radical (unpaired) electrons. The van der Waals surface area contributed by atoms with Crippen LogP contribution in [0.4, 0.5) is 10.1 Å². The number of anilines is 1. The number of hydrogen-bond donors (Lipinski definition) is 1. The predicted molar refractivity (Wildman–Crippen MR) is 108 cm³/mol. The monoisotopic (exact) mass is 419 g/mol. The van der Waals surface area contributed by atoms with Crippen LogP contribution in [0.3, 0.4) is 0 Å². The number of hydrogen-bond acceptors (Lipinski definition) is 6. The molecule has 0 unspecified atom stereocenters. The maximum absolute atomic E-state index is 13.5. The molecule has 1 N–H and O–H groups in total. The minimum atomic E-state index is -1.10. The zero-order valence-electron chi connectivity index (χ0n) is 14.5. The van der Waals surface area contributed by atoms with E-state index in [1.54, 1.807) is 30.3 Å². The van der Waals surface area contributed by atoms with Gasteiger partial charge in [-0.25, -0.2) is 9.18 Å². The number of nitrogens with zero attached hydrogens (tertiary/aromatic N) is 1. The van der Waals surface area contributed by atoms with Gasteiger partial charge in [0.25, 0.3) is 5.91 Å². The number of thiocarbonyl (C=S) groups is 1. The van der Waals surface area contributed by atoms with E-state index < -0.39 is 18.4 Å². The molecular weight excluding hydrogens is 405 g/mol. The van der Waals surface area contributed by atoms with Crippen molar-refractivity contribution in [2.75, 3.05) is 18.6 Å². The normalized spacial score (nSPS) is 15.2. The molecule has 1 aliphatic rings. The van der Waals surface area contributed by atoms with Crippen LogP contribution in [0.1, 0.15) is 5.56 Å². The molecule has 1 heterocycles. The van der Waals surface area contributed by atoms with Crippen molar-refractivity contribution in [3.8, 4) is 11.5 Å². The quantitative estimate of drug-likeness (QED) is 0.565. The van der Waals surface area contributed by atoms with E-state index >= 15 is 0 Å². The number of benzene rings is 2. The van der Waals surface area contributed by atoms with E-state index in [-0.39, 0.29) is 11.7 Å². The second-order valence-corrected chi connectivity index (χ2v) is 7.27. The van der Waals surface area contributed by atoms with Crippen molar-refractivity contribution in [1.29, 1.82) is 0 Å². The number of carbonyl (C=O) groups is 2. The molecular formula is C19H14FNO5S2. The second kappa shape index (κ2) is 8.41. The van der Waals surface area contributed by atoms with Crippen LogP contribution in [0.2, 0.25) is 0 Å². The van der Waals surface area contributed by atoms with Gasteiger partial charge in [-0.15, -0.1) is 0 Å². The first kappa shape index (κ1) is 19.8. The van der Waals surface area contributed by atoms with Crippen molar-refractivity contribution in [2.24, 2.45) is 0 Å². The molecule has 0 aliphatic carbocycles. The Bertz CT molecular complexity index is 992. The number of halogens is 1. The second-order valence-electron chi connectivity index (χ2n) is 5.59. The van der Waals surface area contributed by atoms with Gasteiger partial charge in [0.15, 0.2) is 22.4 Å². The lowest BCUT2D eigenvalue weighted by Gasteiger charge is -2.14. The van der Waals surface area contributed by atoms with E-state index in [0.717, 1.165) is 11.8 Å². The minimum absolute atomic E-state index is 0.273. The number of carbonyl (C=O) groups excluding carboxylic acids is 1. The molecule has 3 rings (SSSR count). The number of aliphatic carboxylic acids is 1. The van der Waals surface area contributed by atoms with Crippen molar-refractivity contribution in [2.45, 2.75) is 0 Å². The molecule has 1 amide bonds. The van der Waals surface area contributed by atoms with E-state index in [1.807, 2.05) is 0 Å². The Balaban J connectivity index is 1.86. The van der Waals surface area contributed by atoms with Crippen LogP contribution in [-0.2, 0) is 9.59 Å². The van der Waals surface area contributed by atoms with E-state index in [2.05, 4.69) is 0 Å². The van der Waals surface area contributed by atoms with Gasteiger partial charge in [-0.05, 0) is 42.0 Å². The molecule has 0 spiro atoms. The number of carboxylic acid groups (broad SMARTS) is 1. The van der Waals surface area contributed by atoms with Gasteiger partial charge in [0.2, 0.25) is 0 Å². The van der Waals surface area contributed by atoms with Crippen LogP contribution in [0.15, 0.2) is 47.4 Å². The third-order valence-electron chi connectivity index (χ3n) is 3.70. The molecule has 144 valence electrons. The highest BCUT2D eigenvalue weighted by Crippen LogP contribution is 2.37. The van der Waals surface area contributed by atoms with Gasteiger partial charge in [0, 0.05) is 0 Å². The summed E-state index contributed by atoms with van der Waals surface area (Å²) in [5, 5.41) is 8.72. The number of carboxylic acids is 1.